The van der Waals surface area contributed by atoms with Gasteiger partial charge in [0, 0.05) is 29.6 Å². The van der Waals surface area contributed by atoms with E-state index in [4.69, 9.17) is 4.74 Å². The number of imide groups is 1. The lowest BCUT2D eigenvalue weighted by Gasteiger charge is -2.42. The average molecular weight is 491 g/mol. The van der Waals surface area contributed by atoms with Gasteiger partial charge in [-0.2, -0.15) is 0 Å². The summed E-state index contributed by atoms with van der Waals surface area (Å²) in [6, 6.07) is 12.2. The van der Waals surface area contributed by atoms with Crippen LogP contribution in [0.1, 0.15) is 49.0 Å². The van der Waals surface area contributed by atoms with E-state index in [1.54, 1.807) is 17.0 Å². The highest BCUT2D eigenvalue weighted by Crippen LogP contribution is 2.49. The number of H-pyrrole nitrogens is 1. The second-order valence-corrected chi connectivity index (χ2v) is 10.4. The van der Waals surface area contributed by atoms with Crippen LogP contribution in [0.5, 0.6) is 5.75 Å². The molecule has 0 radical (unpaired) electrons. The van der Waals surface area contributed by atoms with Crippen molar-refractivity contribution >= 4 is 22.8 Å². The van der Waals surface area contributed by atoms with Crippen molar-refractivity contribution < 1.29 is 18.7 Å². The number of hydrogen-bond donors (Lipinski definition) is 2. The Morgan fingerprint density at radius 2 is 1.94 bits per heavy atom. The summed E-state index contributed by atoms with van der Waals surface area (Å²) in [6.07, 6.45) is 3.50. The molecule has 7 nitrogen and oxygen atoms in total. The van der Waals surface area contributed by atoms with Gasteiger partial charge in [0.25, 0.3) is 5.91 Å². The Kier molecular flexibility index (Phi) is 5.52. The van der Waals surface area contributed by atoms with Crippen LogP contribution >= 0.6 is 0 Å². The SMILES string of the molecule is COc1ccc2[nH]c3c(c2c1F)C[C@@]1(C)C(=O)N(CCCNCC2CC2)C(=O)N1[C@@H]3c1ccccc1. The summed E-state index contributed by atoms with van der Waals surface area (Å²) in [7, 11) is 1.44. The van der Waals surface area contributed by atoms with Gasteiger partial charge in [-0.15, -0.1) is 0 Å². The molecule has 8 heteroatoms. The van der Waals surface area contributed by atoms with Gasteiger partial charge in [0.15, 0.2) is 11.6 Å². The predicted octanol–water partition coefficient (Wildman–Crippen LogP) is 4.37. The van der Waals surface area contributed by atoms with Gasteiger partial charge in [0.05, 0.1) is 7.11 Å². The number of nitrogens with one attached hydrogen (secondary N) is 2. The van der Waals surface area contributed by atoms with E-state index in [1.807, 2.05) is 37.3 Å². The zero-order valence-electron chi connectivity index (χ0n) is 20.6. The van der Waals surface area contributed by atoms with Crippen LogP contribution in [0.3, 0.4) is 0 Å². The van der Waals surface area contributed by atoms with E-state index in [-0.39, 0.29) is 24.1 Å². The largest absolute Gasteiger partial charge is 0.494 e. The third-order valence-corrected chi connectivity index (χ3v) is 7.93. The van der Waals surface area contributed by atoms with Crippen molar-refractivity contribution in [1.82, 2.24) is 20.1 Å². The molecule has 2 aromatic carbocycles. The molecule has 2 N–H and O–H groups in total. The van der Waals surface area contributed by atoms with Crippen molar-refractivity contribution in [3.63, 3.8) is 0 Å². The number of ether oxygens (including phenoxy) is 1. The molecule has 1 aliphatic carbocycles. The van der Waals surface area contributed by atoms with Crippen molar-refractivity contribution in [2.45, 2.75) is 44.2 Å². The fourth-order valence-electron chi connectivity index (χ4n) is 5.88. The van der Waals surface area contributed by atoms with Gasteiger partial charge >= 0.3 is 6.03 Å². The number of fused-ring (bicyclic) bond motifs is 4. The van der Waals surface area contributed by atoms with Crippen LogP contribution in [-0.2, 0) is 11.2 Å². The topological polar surface area (TPSA) is 77.7 Å². The van der Waals surface area contributed by atoms with Crippen molar-refractivity contribution in [1.29, 1.82) is 0 Å². The second-order valence-electron chi connectivity index (χ2n) is 10.4. The lowest BCUT2D eigenvalue weighted by molar-refractivity contribution is -0.133. The first-order chi connectivity index (χ1) is 17.4. The fraction of sp³-hybridized carbons (Fsp3) is 0.429. The van der Waals surface area contributed by atoms with Crippen LogP contribution in [0.2, 0.25) is 0 Å². The number of carbonyl (C=O) groups is 2. The lowest BCUT2D eigenvalue weighted by atomic mass is 9.81. The zero-order chi connectivity index (χ0) is 25.0. The van der Waals surface area contributed by atoms with Gasteiger partial charge in [-0.1, -0.05) is 30.3 Å². The first-order valence-electron chi connectivity index (χ1n) is 12.7. The van der Waals surface area contributed by atoms with E-state index < -0.39 is 17.4 Å². The summed E-state index contributed by atoms with van der Waals surface area (Å²) in [6.45, 7) is 3.94. The van der Waals surface area contributed by atoms with Crippen molar-refractivity contribution in [2.75, 3.05) is 26.7 Å². The Hall–Kier alpha value is -3.39. The molecule has 1 saturated carbocycles. The van der Waals surface area contributed by atoms with Crippen molar-refractivity contribution in [3.05, 3.63) is 65.1 Å². The number of aromatic nitrogens is 1. The van der Waals surface area contributed by atoms with E-state index in [9.17, 15) is 9.59 Å². The smallest absolute Gasteiger partial charge is 0.328 e. The predicted molar refractivity (Wildman–Crippen MR) is 134 cm³/mol. The standard InChI is InChI=1S/C28H31FN4O3/c1-28-15-19-22-20(11-12-21(36-2)23(22)29)31-24(19)25(18-7-4-3-5-8-18)33(28)27(35)32(26(28)34)14-6-13-30-16-17-9-10-17/h3-5,7-8,11-12,17,25,30-31H,6,9-10,13-16H2,1-2H3/t25-,28+/m1/s1. The van der Waals surface area contributed by atoms with Crippen molar-refractivity contribution in [3.8, 4) is 5.75 Å². The number of carbonyl (C=O) groups excluding carboxylic acids is 2. The molecule has 0 unspecified atom stereocenters. The molecule has 0 spiro atoms. The first kappa shape index (κ1) is 23.0. The maximum atomic E-state index is 15.5. The number of methoxy groups -OCH3 is 1. The molecule has 1 saturated heterocycles. The molecule has 2 aliphatic heterocycles. The van der Waals surface area contributed by atoms with Gasteiger partial charge in [0.2, 0.25) is 0 Å². The Morgan fingerprint density at radius 3 is 2.67 bits per heavy atom. The number of urea groups is 1. The minimum absolute atomic E-state index is 0.155. The lowest BCUT2D eigenvalue weighted by Crippen LogP contribution is -2.53. The molecule has 2 fully saturated rings. The molecule has 1 aromatic heterocycles. The number of amides is 3. The second kappa shape index (κ2) is 8.62. The van der Waals surface area contributed by atoms with Crippen molar-refractivity contribution in [2.24, 2.45) is 5.92 Å². The van der Waals surface area contributed by atoms with E-state index in [0.29, 0.717) is 23.9 Å². The molecule has 3 amide bonds. The molecule has 3 aromatic rings. The van der Waals surface area contributed by atoms with Gasteiger partial charge in [-0.25, -0.2) is 9.18 Å². The van der Waals surface area contributed by atoms with Crippen LogP contribution < -0.4 is 10.1 Å². The molecular weight excluding hydrogens is 459 g/mol. The summed E-state index contributed by atoms with van der Waals surface area (Å²) in [5.74, 6) is 0.260. The summed E-state index contributed by atoms with van der Waals surface area (Å²) < 4.78 is 20.8. The number of nitrogens with zero attached hydrogens (tertiary/aromatic N) is 2. The number of aromatic amines is 1. The monoisotopic (exact) mass is 490 g/mol. The highest BCUT2D eigenvalue weighted by Gasteiger charge is 2.60. The Morgan fingerprint density at radius 1 is 1.17 bits per heavy atom. The molecule has 6 rings (SSSR count). The number of halogens is 1. The normalized spacial score (nSPS) is 23.4. The Balaban J connectivity index is 1.40. The minimum atomic E-state index is -1.11. The van der Waals surface area contributed by atoms with Gasteiger partial charge < -0.3 is 15.0 Å². The molecule has 2 atom stereocenters. The van der Waals surface area contributed by atoms with E-state index in [1.165, 1.54) is 24.9 Å². The highest BCUT2D eigenvalue weighted by atomic mass is 19.1. The van der Waals surface area contributed by atoms with Gasteiger partial charge in [-0.3, -0.25) is 14.6 Å². The molecule has 0 bridgehead atoms. The van der Waals surface area contributed by atoms with E-state index in [2.05, 4.69) is 10.3 Å². The zero-order valence-corrected chi connectivity index (χ0v) is 20.6. The maximum Gasteiger partial charge on any atom is 0.328 e. The first-order valence-corrected chi connectivity index (χ1v) is 12.7. The highest BCUT2D eigenvalue weighted by molar-refractivity contribution is 6.08. The molecule has 36 heavy (non-hydrogen) atoms. The Bertz CT molecular complexity index is 1340. The van der Waals surface area contributed by atoms with Crippen LogP contribution in [0.25, 0.3) is 10.9 Å². The molecule has 3 heterocycles. The van der Waals surface area contributed by atoms with Gasteiger partial charge in [-0.05, 0) is 68.5 Å². The van der Waals surface area contributed by atoms with E-state index >= 15 is 4.39 Å². The van der Waals surface area contributed by atoms with E-state index in [0.717, 1.165) is 35.8 Å². The summed E-state index contributed by atoms with van der Waals surface area (Å²) in [4.78, 5) is 34.1. The number of benzene rings is 2. The number of rotatable bonds is 8. The quantitative estimate of drug-likeness (QED) is 0.363. The minimum Gasteiger partial charge on any atom is -0.494 e. The third kappa shape index (κ3) is 3.50. The summed E-state index contributed by atoms with van der Waals surface area (Å²) >= 11 is 0. The molecular formula is C28H31FN4O3. The summed E-state index contributed by atoms with van der Waals surface area (Å²) in [5.41, 5.74) is 1.86. The molecule has 188 valence electrons. The number of hydrogen-bond acceptors (Lipinski definition) is 4. The fourth-order valence-corrected chi connectivity index (χ4v) is 5.88. The van der Waals surface area contributed by atoms with Crippen LogP contribution in [0.4, 0.5) is 9.18 Å². The van der Waals surface area contributed by atoms with Crippen LogP contribution in [-0.4, -0.2) is 59.0 Å². The summed E-state index contributed by atoms with van der Waals surface area (Å²) in [5, 5.41) is 3.86. The maximum absolute atomic E-state index is 15.5. The average Bonchev–Trinajstić information content (AvgIpc) is 3.60. The third-order valence-electron chi connectivity index (χ3n) is 7.93. The van der Waals surface area contributed by atoms with Crippen LogP contribution in [0.15, 0.2) is 42.5 Å². The Labute approximate surface area is 209 Å². The van der Waals surface area contributed by atoms with Crippen LogP contribution in [0, 0.1) is 11.7 Å². The molecule has 3 aliphatic rings. The van der Waals surface area contributed by atoms with Gasteiger partial charge in [0.1, 0.15) is 11.6 Å².